The SMILES string of the molecule is COc1cc2ncnc(Nc3ccc(F)c(C)c3)c2cc1OCCCN1CCN(C(=O)COc2c(C)cc(N=Nc3cccc4c3CN(C3CCC(=O)NC3=O)C4=O)cc2OC)CC1. The Morgan fingerprint density at radius 1 is 0.906 bits per heavy atom. The number of anilines is 2. The molecule has 0 bridgehead atoms. The highest BCUT2D eigenvalue weighted by Crippen LogP contribution is 2.39. The average Bonchev–Trinajstić information content (AvgIpc) is 3.63. The topological polar surface area (TPSA) is 189 Å². The Morgan fingerprint density at radius 2 is 1.72 bits per heavy atom. The predicted molar refractivity (Wildman–Crippen MR) is 234 cm³/mol. The molecule has 8 rings (SSSR count). The Bertz CT molecular complexity index is 2650. The van der Waals surface area contributed by atoms with Crippen LogP contribution in [-0.2, 0) is 20.9 Å². The van der Waals surface area contributed by atoms with Gasteiger partial charge >= 0.3 is 0 Å². The molecule has 0 radical (unpaired) electrons. The number of hydrogen-bond donors (Lipinski definition) is 2. The van der Waals surface area contributed by atoms with Crippen LogP contribution in [0.1, 0.15) is 46.3 Å². The Labute approximate surface area is 368 Å². The van der Waals surface area contributed by atoms with Crippen molar-refractivity contribution >= 4 is 57.4 Å². The number of ether oxygens (including phenoxy) is 4. The molecule has 4 amide bonds. The number of amides is 4. The molecule has 0 spiro atoms. The van der Waals surface area contributed by atoms with E-state index in [4.69, 9.17) is 18.9 Å². The summed E-state index contributed by atoms with van der Waals surface area (Å²) >= 11 is 0. The quantitative estimate of drug-likeness (QED) is 0.0678. The van der Waals surface area contributed by atoms with E-state index in [0.717, 1.165) is 18.4 Å². The molecule has 18 heteroatoms. The highest BCUT2D eigenvalue weighted by atomic mass is 19.1. The number of halogens is 1. The van der Waals surface area contributed by atoms with E-state index in [1.54, 1.807) is 67.5 Å². The lowest BCUT2D eigenvalue weighted by Crippen LogP contribution is -2.52. The second kappa shape index (κ2) is 19.0. The molecular weight excluding hydrogens is 826 g/mol. The van der Waals surface area contributed by atoms with E-state index in [0.29, 0.717) is 106 Å². The van der Waals surface area contributed by atoms with E-state index in [2.05, 4.69) is 35.7 Å². The Kier molecular flexibility index (Phi) is 12.9. The minimum atomic E-state index is -0.735. The zero-order chi connectivity index (χ0) is 44.9. The number of nitrogens with one attached hydrogen (secondary N) is 2. The summed E-state index contributed by atoms with van der Waals surface area (Å²) in [6.45, 7) is 7.27. The normalized spacial score (nSPS) is 16.6. The van der Waals surface area contributed by atoms with Crippen molar-refractivity contribution in [2.45, 2.75) is 45.7 Å². The third kappa shape index (κ3) is 9.41. The predicted octanol–water partition coefficient (Wildman–Crippen LogP) is 6.32. The van der Waals surface area contributed by atoms with Crippen molar-refractivity contribution in [2.75, 3.05) is 65.5 Å². The molecule has 0 saturated carbocycles. The van der Waals surface area contributed by atoms with Crippen LogP contribution < -0.4 is 29.6 Å². The first kappa shape index (κ1) is 43.4. The fourth-order valence-corrected chi connectivity index (χ4v) is 8.10. The molecule has 1 unspecified atom stereocenters. The number of methoxy groups -OCH3 is 2. The lowest BCUT2D eigenvalue weighted by atomic mass is 10.0. The molecule has 2 fully saturated rings. The maximum absolute atomic E-state index is 13.9. The van der Waals surface area contributed by atoms with Crippen molar-refractivity contribution < 1.29 is 42.5 Å². The van der Waals surface area contributed by atoms with Crippen molar-refractivity contribution in [3.8, 4) is 23.0 Å². The van der Waals surface area contributed by atoms with E-state index in [1.165, 1.54) is 24.4 Å². The van der Waals surface area contributed by atoms with Gasteiger partial charge in [-0.1, -0.05) is 6.07 Å². The Hall–Kier alpha value is -7.21. The Morgan fingerprint density at radius 3 is 2.48 bits per heavy atom. The molecule has 1 atom stereocenters. The summed E-state index contributed by atoms with van der Waals surface area (Å²) < 4.78 is 37.3. The van der Waals surface area contributed by atoms with E-state index in [-0.39, 0.29) is 49.5 Å². The number of benzene rings is 4. The molecule has 1 aromatic heterocycles. The first-order chi connectivity index (χ1) is 31.0. The molecule has 64 heavy (non-hydrogen) atoms. The largest absolute Gasteiger partial charge is 0.493 e. The maximum atomic E-state index is 13.9. The van der Waals surface area contributed by atoms with Gasteiger partial charge < -0.3 is 34.1 Å². The van der Waals surface area contributed by atoms with Crippen molar-refractivity contribution in [2.24, 2.45) is 10.2 Å². The molecular formula is C46H48FN9O8. The second-order valence-electron chi connectivity index (χ2n) is 15.7. The molecule has 3 aliphatic rings. The summed E-state index contributed by atoms with van der Waals surface area (Å²) in [7, 11) is 3.09. The van der Waals surface area contributed by atoms with Gasteiger partial charge in [0.15, 0.2) is 29.6 Å². The maximum Gasteiger partial charge on any atom is 0.260 e. The summed E-state index contributed by atoms with van der Waals surface area (Å²) in [4.78, 5) is 65.1. The lowest BCUT2D eigenvalue weighted by Gasteiger charge is -2.34. The first-order valence-corrected chi connectivity index (χ1v) is 21.0. The average molecular weight is 874 g/mol. The summed E-state index contributed by atoms with van der Waals surface area (Å²) in [5, 5.41) is 15.2. The van der Waals surface area contributed by atoms with Crippen LogP contribution in [0.3, 0.4) is 0 Å². The number of piperidine rings is 1. The number of carbonyl (C=O) groups excluding carboxylic acids is 4. The van der Waals surface area contributed by atoms with Crippen molar-refractivity contribution in [3.63, 3.8) is 0 Å². The molecule has 0 aliphatic carbocycles. The number of aromatic nitrogens is 2. The number of piperazine rings is 1. The van der Waals surface area contributed by atoms with Gasteiger partial charge in [-0.15, -0.1) is 0 Å². The number of fused-ring (bicyclic) bond motifs is 2. The second-order valence-corrected chi connectivity index (χ2v) is 15.7. The number of rotatable bonds is 15. The highest BCUT2D eigenvalue weighted by Gasteiger charge is 2.40. The van der Waals surface area contributed by atoms with Crippen LogP contribution in [0, 0.1) is 19.7 Å². The summed E-state index contributed by atoms with van der Waals surface area (Å²) in [5.41, 5.74) is 4.63. The number of aryl methyl sites for hydroxylation is 2. The van der Waals surface area contributed by atoms with E-state index in [1.807, 2.05) is 13.0 Å². The van der Waals surface area contributed by atoms with Crippen molar-refractivity contribution in [3.05, 3.63) is 95.1 Å². The summed E-state index contributed by atoms with van der Waals surface area (Å²) in [5.74, 6) is 0.937. The van der Waals surface area contributed by atoms with Gasteiger partial charge in [-0.2, -0.15) is 10.2 Å². The van der Waals surface area contributed by atoms with Crippen molar-refractivity contribution in [1.82, 2.24) is 30.0 Å². The van der Waals surface area contributed by atoms with Crippen LogP contribution in [0.4, 0.5) is 27.3 Å². The third-order valence-electron chi connectivity index (χ3n) is 11.6. The molecule has 4 aromatic carbocycles. The van der Waals surface area contributed by atoms with Crippen molar-refractivity contribution in [1.29, 1.82) is 0 Å². The van der Waals surface area contributed by atoms with Crippen LogP contribution in [-0.4, -0.2) is 114 Å². The molecule has 17 nitrogen and oxygen atoms in total. The highest BCUT2D eigenvalue weighted by molar-refractivity contribution is 6.06. The van der Waals surface area contributed by atoms with Crippen LogP contribution >= 0.6 is 0 Å². The van der Waals surface area contributed by atoms with Gasteiger partial charge in [0.1, 0.15) is 24.0 Å². The molecule has 4 heterocycles. The molecule has 2 saturated heterocycles. The van der Waals surface area contributed by atoms with Gasteiger partial charge in [-0.05, 0) is 80.3 Å². The number of azo groups is 1. The number of nitrogens with zero attached hydrogens (tertiary/aromatic N) is 7. The number of imide groups is 1. The van der Waals surface area contributed by atoms with Gasteiger partial charge in [-0.25, -0.2) is 14.4 Å². The first-order valence-electron chi connectivity index (χ1n) is 21.0. The monoisotopic (exact) mass is 873 g/mol. The minimum Gasteiger partial charge on any atom is -0.493 e. The third-order valence-corrected chi connectivity index (χ3v) is 11.6. The van der Waals surface area contributed by atoms with Crippen LogP contribution in [0.2, 0.25) is 0 Å². The summed E-state index contributed by atoms with van der Waals surface area (Å²) in [6.07, 6.45) is 2.64. The number of hydrogen-bond acceptors (Lipinski definition) is 14. The van der Waals surface area contributed by atoms with Crippen LogP contribution in [0.5, 0.6) is 23.0 Å². The van der Waals surface area contributed by atoms with Gasteiger partial charge in [-0.3, -0.25) is 29.4 Å². The van der Waals surface area contributed by atoms with E-state index in [9.17, 15) is 23.6 Å². The molecule has 3 aliphatic heterocycles. The lowest BCUT2D eigenvalue weighted by molar-refractivity contribution is -0.137. The van der Waals surface area contributed by atoms with Gasteiger partial charge in [0.25, 0.3) is 11.8 Å². The van der Waals surface area contributed by atoms with Gasteiger partial charge in [0, 0.05) is 80.0 Å². The smallest absolute Gasteiger partial charge is 0.260 e. The van der Waals surface area contributed by atoms with Gasteiger partial charge in [0.2, 0.25) is 11.8 Å². The van der Waals surface area contributed by atoms with E-state index < -0.39 is 11.9 Å². The Balaban J connectivity index is 0.812. The molecule has 332 valence electrons. The minimum absolute atomic E-state index is 0.136. The molecule has 2 N–H and O–H groups in total. The molecule has 5 aromatic rings. The van der Waals surface area contributed by atoms with Crippen LogP contribution in [0.25, 0.3) is 10.9 Å². The van der Waals surface area contributed by atoms with Crippen LogP contribution in [0.15, 0.2) is 77.2 Å². The van der Waals surface area contributed by atoms with Gasteiger partial charge in [0.05, 0.1) is 37.7 Å². The summed E-state index contributed by atoms with van der Waals surface area (Å²) in [6, 6.07) is 16.3. The zero-order valence-electron chi connectivity index (χ0n) is 36.0. The standard InChI is InChI=1S/C46H48FN9O8/c1-27-19-29(9-10-34(27)47)50-44-32-22-39(38(61-3)23-36(32)48-26-49-44)63-18-6-13-54-14-16-55(17-15-54)42(58)25-64-43-28(2)20-30(21-40(43)62-4)52-53-35-8-5-7-31-33(35)24-56(46(31)60)37-11-12-41(57)51-45(37)59/h5,7-10,19-23,26,37H,6,11-18,24-25H2,1-4H3,(H,48,49,50)(H,51,57,59). The number of carbonyl (C=O) groups is 4. The fourth-order valence-electron chi connectivity index (χ4n) is 8.10. The fraction of sp³-hybridized carbons (Fsp3) is 0.348. The van der Waals surface area contributed by atoms with E-state index >= 15 is 0 Å². The zero-order valence-corrected chi connectivity index (χ0v) is 36.0.